The first-order valence-corrected chi connectivity index (χ1v) is 7.82. The molecule has 0 aliphatic heterocycles. The number of likely N-dealkylation sites (N-methyl/N-ethyl adjacent to an activating group) is 1. The van der Waals surface area contributed by atoms with Gasteiger partial charge in [-0.25, -0.2) is 0 Å². The highest BCUT2D eigenvalue weighted by Gasteiger charge is 2.05. The molecule has 108 valence electrons. The maximum Gasteiger partial charge on any atom is 0.221 e. The lowest BCUT2D eigenvalue weighted by molar-refractivity contribution is -0.114. The van der Waals surface area contributed by atoms with Crippen molar-refractivity contribution in [3.63, 3.8) is 0 Å². The molecule has 1 amide bonds. The fourth-order valence-electron chi connectivity index (χ4n) is 1.96. The number of carbonyl (C=O) groups is 1. The molecule has 0 fully saturated rings. The van der Waals surface area contributed by atoms with E-state index in [4.69, 9.17) is 0 Å². The normalized spacial score (nSPS) is 10.9. The minimum Gasteiger partial charge on any atom is -0.325 e. The third-order valence-electron chi connectivity index (χ3n) is 2.93. The minimum absolute atomic E-state index is 0.0141. The number of hydrogen-bond acceptors (Lipinski definition) is 4. The molecule has 0 aliphatic carbocycles. The van der Waals surface area contributed by atoms with Crippen molar-refractivity contribution in [3.05, 3.63) is 16.3 Å². The molecule has 1 heterocycles. The molecule has 1 rings (SSSR count). The Hall–Kier alpha value is -0.910. The molecular formula is C14H25N3OS. The van der Waals surface area contributed by atoms with Crippen molar-refractivity contribution < 1.29 is 4.79 Å². The summed E-state index contributed by atoms with van der Waals surface area (Å²) in [4.78, 5) is 14.7. The van der Waals surface area contributed by atoms with E-state index in [1.165, 1.54) is 11.3 Å². The molecule has 0 saturated carbocycles. The standard InChI is InChI=1S/C14H25N3OS/c1-4-8-17(5-2)9-7-15-11-14-13(6-10-19-14)16-12(3)18/h6,10,15H,4-5,7-9,11H2,1-3H3,(H,16,18). The number of nitrogens with one attached hydrogen (secondary N) is 2. The van der Waals surface area contributed by atoms with Gasteiger partial charge in [0.1, 0.15) is 0 Å². The van der Waals surface area contributed by atoms with Crippen LogP contribution in [0.4, 0.5) is 5.69 Å². The number of carbonyl (C=O) groups excluding carboxylic acids is 1. The summed E-state index contributed by atoms with van der Waals surface area (Å²) in [5, 5.41) is 8.31. The SMILES string of the molecule is CCCN(CC)CCNCc1sccc1NC(C)=O. The Morgan fingerprint density at radius 1 is 1.37 bits per heavy atom. The molecular weight excluding hydrogens is 258 g/mol. The van der Waals surface area contributed by atoms with Crippen LogP contribution in [0.15, 0.2) is 11.4 Å². The number of nitrogens with zero attached hydrogens (tertiary/aromatic N) is 1. The fourth-order valence-corrected chi connectivity index (χ4v) is 2.76. The molecule has 0 unspecified atom stereocenters. The summed E-state index contributed by atoms with van der Waals surface area (Å²) in [5.41, 5.74) is 0.936. The van der Waals surface area contributed by atoms with Crippen molar-refractivity contribution >= 4 is 22.9 Å². The highest BCUT2D eigenvalue weighted by atomic mass is 32.1. The molecule has 1 aromatic heterocycles. The van der Waals surface area contributed by atoms with E-state index in [2.05, 4.69) is 29.4 Å². The lowest BCUT2D eigenvalue weighted by Crippen LogP contribution is -2.32. The van der Waals surface area contributed by atoms with Gasteiger partial charge in [-0.15, -0.1) is 11.3 Å². The van der Waals surface area contributed by atoms with E-state index in [0.717, 1.165) is 38.4 Å². The Morgan fingerprint density at radius 3 is 2.79 bits per heavy atom. The second-order valence-electron chi connectivity index (χ2n) is 4.55. The zero-order valence-corrected chi connectivity index (χ0v) is 13.0. The van der Waals surface area contributed by atoms with Crippen molar-refractivity contribution in [2.24, 2.45) is 0 Å². The van der Waals surface area contributed by atoms with E-state index in [-0.39, 0.29) is 5.91 Å². The molecule has 0 radical (unpaired) electrons. The van der Waals surface area contributed by atoms with Crippen LogP contribution in [0.2, 0.25) is 0 Å². The predicted molar refractivity (Wildman–Crippen MR) is 82.7 cm³/mol. The largest absolute Gasteiger partial charge is 0.325 e. The molecule has 0 bridgehead atoms. The number of rotatable bonds is 9. The lowest BCUT2D eigenvalue weighted by Gasteiger charge is -2.19. The maximum atomic E-state index is 11.1. The Balaban J connectivity index is 2.29. The quantitative estimate of drug-likeness (QED) is 0.685. The van der Waals surface area contributed by atoms with Crippen LogP contribution in [0.3, 0.4) is 0 Å². The zero-order valence-electron chi connectivity index (χ0n) is 12.2. The molecule has 0 atom stereocenters. The van der Waals surface area contributed by atoms with E-state index < -0.39 is 0 Å². The average molecular weight is 283 g/mol. The van der Waals surface area contributed by atoms with E-state index in [0.29, 0.717) is 0 Å². The van der Waals surface area contributed by atoms with Crippen molar-refractivity contribution in [1.82, 2.24) is 10.2 Å². The lowest BCUT2D eigenvalue weighted by atomic mass is 10.3. The number of amides is 1. The smallest absolute Gasteiger partial charge is 0.221 e. The number of anilines is 1. The van der Waals surface area contributed by atoms with Gasteiger partial charge in [0.25, 0.3) is 0 Å². The topological polar surface area (TPSA) is 44.4 Å². The van der Waals surface area contributed by atoms with Crippen molar-refractivity contribution in [1.29, 1.82) is 0 Å². The molecule has 5 heteroatoms. The van der Waals surface area contributed by atoms with Gasteiger partial charge in [-0.2, -0.15) is 0 Å². The van der Waals surface area contributed by atoms with Crippen LogP contribution in [0, 0.1) is 0 Å². The van der Waals surface area contributed by atoms with E-state index in [1.54, 1.807) is 18.3 Å². The average Bonchev–Trinajstić information content (AvgIpc) is 2.79. The summed E-state index contributed by atoms with van der Waals surface area (Å²) >= 11 is 1.68. The molecule has 0 aliphatic rings. The first-order chi connectivity index (χ1) is 9.17. The van der Waals surface area contributed by atoms with Gasteiger partial charge in [0.05, 0.1) is 5.69 Å². The first-order valence-electron chi connectivity index (χ1n) is 6.94. The second-order valence-corrected chi connectivity index (χ2v) is 5.55. The summed E-state index contributed by atoms with van der Waals surface area (Å²) in [5.74, 6) is -0.0141. The van der Waals surface area contributed by atoms with Crippen LogP contribution in [0.1, 0.15) is 32.1 Å². The Bertz CT molecular complexity index is 379. The molecule has 0 spiro atoms. The van der Waals surface area contributed by atoms with E-state index >= 15 is 0 Å². The minimum atomic E-state index is -0.0141. The highest BCUT2D eigenvalue weighted by Crippen LogP contribution is 2.21. The number of thiophene rings is 1. The fraction of sp³-hybridized carbons (Fsp3) is 0.643. The highest BCUT2D eigenvalue weighted by molar-refractivity contribution is 7.10. The van der Waals surface area contributed by atoms with E-state index in [1.807, 2.05) is 11.4 Å². The summed E-state index contributed by atoms with van der Waals surface area (Å²) in [6, 6.07) is 1.96. The van der Waals surface area contributed by atoms with Gasteiger partial charge in [-0.3, -0.25) is 4.79 Å². The summed E-state index contributed by atoms with van der Waals surface area (Å²) in [7, 11) is 0. The summed E-state index contributed by atoms with van der Waals surface area (Å²) < 4.78 is 0. The van der Waals surface area contributed by atoms with Crippen LogP contribution >= 0.6 is 11.3 Å². The van der Waals surface area contributed by atoms with Gasteiger partial charge in [-0.1, -0.05) is 13.8 Å². The van der Waals surface area contributed by atoms with Gasteiger partial charge in [0, 0.05) is 31.4 Å². The van der Waals surface area contributed by atoms with Crippen molar-refractivity contribution in [3.8, 4) is 0 Å². The Morgan fingerprint density at radius 2 is 2.16 bits per heavy atom. The van der Waals surface area contributed by atoms with Crippen LogP contribution in [-0.2, 0) is 11.3 Å². The van der Waals surface area contributed by atoms with Crippen LogP contribution in [0.5, 0.6) is 0 Å². The van der Waals surface area contributed by atoms with Gasteiger partial charge >= 0.3 is 0 Å². The third-order valence-corrected chi connectivity index (χ3v) is 3.85. The zero-order chi connectivity index (χ0) is 14.1. The molecule has 4 nitrogen and oxygen atoms in total. The molecule has 0 aromatic carbocycles. The van der Waals surface area contributed by atoms with Gasteiger partial charge in [-0.05, 0) is 31.0 Å². The van der Waals surface area contributed by atoms with E-state index in [9.17, 15) is 4.79 Å². The molecule has 19 heavy (non-hydrogen) atoms. The first kappa shape index (κ1) is 16.1. The van der Waals surface area contributed by atoms with Gasteiger partial charge < -0.3 is 15.5 Å². The number of hydrogen-bond donors (Lipinski definition) is 2. The Labute approximate surface area is 120 Å². The summed E-state index contributed by atoms with van der Waals surface area (Å²) in [6.07, 6.45) is 1.20. The molecule has 1 aromatic rings. The van der Waals surface area contributed by atoms with Gasteiger partial charge in [0.15, 0.2) is 0 Å². The molecule has 0 saturated heterocycles. The second kappa shape index (κ2) is 9.07. The van der Waals surface area contributed by atoms with Gasteiger partial charge in [0.2, 0.25) is 5.91 Å². The van der Waals surface area contributed by atoms with Crippen LogP contribution < -0.4 is 10.6 Å². The van der Waals surface area contributed by atoms with Crippen LogP contribution in [0.25, 0.3) is 0 Å². The third kappa shape index (κ3) is 6.18. The van der Waals surface area contributed by atoms with Crippen molar-refractivity contribution in [2.75, 3.05) is 31.5 Å². The van der Waals surface area contributed by atoms with Crippen molar-refractivity contribution in [2.45, 2.75) is 33.7 Å². The molecule has 2 N–H and O–H groups in total. The van der Waals surface area contributed by atoms with Crippen LogP contribution in [-0.4, -0.2) is 37.0 Å². The Kier molecular flexibility index (Phi) is 7.70. The summed E-state index contributed by atoms with van der Waals surface area (Å²) in [6.45, 7) is 11.1. The predicted octanol–water partition coefficient (Wildman–Crippen LogP) is 2.53. The monoisotopic (exact) mass is 283 g/mol. The maximum absolute atomic E-state index is 11.1.